The summed E-state index contributed by atoms with van der Waals surface area (Å²) in [6, 6.07) is 6.97. The molecule has 120 valence electrons. The molecule has 0 aliphatic heterocycles. The Bertz CT molecular complexity index is 779. The van der Waals surface area contributed by atoms with E-state index in [1.807, 2.05) is 0 Å². The summed E-state index contributed by atoms with van der Waals surface area (Å²) >= 11 is 5.97. The predicted molar refractivity (Wildman–Crippen MR) is 84.5 cm³/mol. The second-order valence-electron chi connectivity index (χ2n) is 5.63. The number of rotatable bonds is 5. The third kappa shape index (κ3) is 3.66. The van der Waals surface area contributed by atoms with Gasteiger partial charge in [0, 0.05) is 17.1 Å². The lowest BCUT2D eigenvalue weighted by molar-refractivity contribution is 0.105. The van der Waals surface area contributed by atoms with Crippen molar-refractivity contribution in [3.8, 4) is 11.4 Å². The summed E-state index contributed by atoms with van der Waals surface area (Å²) in [6.07, 6.45) is 0. The fraction of sp³-hybridized carbons (Fsp3) is 0.429. The Morgan fingerprint density at radius 1 is 1.32 bits per heavy atom. The Morgan fingerprint density at radius 2 is 2.00 bits per heavy atom. The number of nitrogens with zero attached hydrogens (tertiary/aromatic N) is 3. The molecular formula is C14H18ClN3O3S. The average molecular weight is 344 g/mol. The van der Waals surface area contributed by atoms with Crippen molar-refractivity contribution in [2.24, 2.45) is 0 Å². The first-order chi connectivity index (χ1) is 10.1. The molecule has 2 aromatic rings. The fourth-order valence-corrected chi connectivity index (χ4v) is 4.14. The first-order valence-electron chi connectivity index (χ1n) is 6.78. The zero-order valence-corrected chi connectivity index (χ0v) is 14.2. The lowest BCUT2D eigenvalue weighted by atomic mass is 10.2. The van der Waals surface area contributed by atoms with Gasteiger partial charge in [0.25, 0.3) is 0 Å². The summed E-state index contributed by atoms with van der Waals surface area (Å²) in [4.78, 5) is 0. The average Bonchev–Trinajstić information content (AvgIpc) is 2.80. The zero-order chi connectivity index (χ0) is 16.5. The largest absolute Gasteiger partial charge is 0.389 e. The highest BCUT2D eigenvalue weighted by molar-refractivity contribution is 7.91. The number of benzene rings is 1. The van der Waals surface area contributed by atoms with Crippen molar-refractivity contribution in [1.29, 1.82) is 0 Å². The molecule has 0 fully saturated rings. The smallest absolute Gasteiger partial charge is 0.250 e. The lowest BCUT2D eigenvalue weighted by Gasteiger charge is -2.17. The molecule has 0 aliphatic rings. The molecule has 0 bridgehead atoms. The molecule has 0 amide bonds. The molecular weight excluding hydrogens is 326 g/mol. The molecule has 22 heavy (non-hydrogen) atoms. The van der Waals surface area contributed by atoms with E-state index >= 15 is 0 Å². The topological polar surface area (TPSA) is 85.1 Å². The molecule has 0 atom stereocenters. The first-order valence-corrected chi connectivity index (χ1v) is 8.81. The number of hydrogen-bond acceptors (Lipinski definition) is 5. The van der Waals surface area contributed by atoms with Crippen LogP contribution in [-0.2, 0) is 16.4 Å². The zero-order valence-electron chi connectivity index (χ0n) is 12.6. The molecule has 1 heterocycles. The van der Waals surface area contributed by atoms with Crippen molar-refractivity contribution in [2.75, 3.05) is 5.75 Å². The van der Waals surface area contributed by atoms with Crippen LogP contribution in [0.4, 0.5) is 0 Å². The van der Waals surface area contributed by atoms with Crippen LogP contribution in [0.15, 0.2) is 29.4 Å². The van der Waals surface area contributed by atoms with Crippen LogP contribution < -0.4 is 0 Å². The van der Waals surface area contributed by atoms with E-state index in [9.17, 15) is 13.5 Å². The van der Waals surface area contributed by atoms with Gasteiger partial charge in [0.05, 0.1) is 11.4 Å². The number of aromatic nitrogens is 3. The minimum absolute atomic E-state index is 0.146. The van der Waals surface area contributed by atoms with Crippen LogP contribution in [0.2, 0.25) is 5.02 Å². The van der Waals surface area contributed by atoms with Crippen molar-refractivity contribution in [3.05, 3.63) is 29.3 Å². The van der Waals surface area contributed by atoms with E-state index in [-0.39, 0.29) is 5.16 Å². The summed E-state index contributed by atoms with van der Waals surface area (Å²) in [7, 11) is -3.75. The molecule has 0 aliphatic carbocycles. The maximum Gasteiger partial charge on any atom is 0.250 e. The molecule has 0 unspecified atom stereocenters. The van der Waals surface area contributed by atoms with E-state index in [1.165, 1.54) is 18.4 Å². The molecule has 1 aromatic carbocycles. The first kappa shape index (κ1) is 16.9. The minimum atomic E-state index is -3.75. The van der Waals surface area contributed by atoms with Gasteiger partial charge in [-0.3, -0.25) is 4.57 Å². The Morgan fingerprint density at radius 3 is 2.55 bits per heavy atom. The van der Waals surface area contributed by atoms with Crippen molar-refractivity contribution in [1.82, 2.24) is 14.8 Å². The van der Waals surface area contributed by atoms with E-state index < -0.39 is 21.2 Å². The van der Waals surface area contributed by atoms with Gasteiger partial charge >= 0.3 is 0 Å². The highest BCUT2D eigenvalue weighted by atomic mass is 35.5. The predicted octanol–water partition coefficient (Wildman–Crippen LogP) is 2.16. The van der Waals surface area contributed by atoms with Crippen molar-refractivity contribution < 1.29 is 13.5 Å². The monoisotopic (exact) mass is 343 g/mol. The second kappa shape index (κ2) is 5.98. The van der Waals surface area contributed by atoms with Crippen LogP contribution in [0.1, 0.15) is 20.8 Å². The highest BCUT2D eigenvalue weighted by Gasteiger charge is 2.30. The van der Waals surface area contributed by atoms with Gasteiger partial charge in [-0.15, -0.1) is 10.2 Å². The molecule has 2 rings (SSSR count). The van der Waals surface area contributed by atoms with Crippen LogP contribution in [-0.4, -0.2) is 39.6 Å². The molecule has 0 saturated heterocycles. The van der Waals surface area contributed by atoms with Crippen LogP contribution in [0.25, 0.3) is 11.4 Å². The van der Waals surface area contributed by atoms with Crippen molar-refractivity contribution >= 4 is 21.4 Å². The number of sulfone groups is 1. The molecule has 1 aromatic heterocycles. The van der Waals surface area contributed by atoms with Crippen LogP contribution in [0.5, 0.6) is 0 Å². The third-order valence-corrected chi connectivity index (χ3v) is 5.12. The molecule has 0 radical (unpaired) electrons. The Kier molecular flexibility index (Phi) is 4.60. The van der Waals surface area contributed by atoms with Crippen molar-refractivity contribution in [2.45, 2.75) is 38.1 Å². The van der Waals surface area contributed by atoms with Gasteiger partial charge in [0.1, 0.15) is 0 Å². The second-order valence-corrected chi connectivity index (χ2v) is 7.95. The fourth-order valence-electron chi connectivity index (χ4n) is 2.17. The Hall–Kier alpha value is -1.44. The maximum absolute atomic E-state index is 12.4. The van der Waals surface area contributed by atoms with Crippen molar-refractivity contribution in [3.63, 3.8) is 0 Å². The Labute approximate surface area is 134 Å². The molecule has 8 heteroatoms. The number of halogens is 1. The molecule has 1 N–H and O–H groups in total. The van der Waals surface area contributed by atoms with Gasteiger partial charge in [-0.1, -0.05) is 23.7 Å². The van der Waals surface area contributed by atoms with Gasteiger partial charge in [-0.05, 0) is 32.9 Å². The molecule has 0 saturated carbocycles. The Balaban J connectivity index is 2.53. The van der Waals surface area contributed by atoms with Gasteiger partial charge in [-0.2, -0.15) is 0 Å². The van der Waals surface area contributed by atoms with Crippen LogP contribution >= 0.6 is 11.6 Å². The van der Waals surface area contributed by atoms with E-state index in [0.29, 0.717) is 23.0 Å². The number of hydrogen-bond donors (Lipinski definition) is 1. The van der Waals surface area contributed by atoms with Gasteiger partial charge in [-0.25, -0.2) is 8.42 Å². The van der Waals surface area contributed by atoms with E-state index in [1.54, 1.807) is 31.2 Å². The summed E-state index contributed by atoms with van der Waals surface area (Å²) < 4.78 is 26.4. The lowest BCUT2D eigenvalue weighted by Crippen LogP contribution is -2.31. The summed E-state index contributed by atoms with van der Waals surface area (Å²) in [5.41, 5.74) is -0.661. The summed E-state index contributed by atoms with van der Waals surface area (Å²) in [6.45, 7) is 5.07. The summed E-state index contributed by atoms with van der Waals surface area (Å²) in [5, 5.41) is 18.0. The molecule has 6 nitrogen and oxygen atoms in total. The van der Waals surface area contributed by atoms with Crippen LogP contribution in [0.3, 0.4) is 0 Å². The van der Waals surface area contributed by atoms with E-state index in [0.717, 1.165) is 0 Å². The minimum Gasteiger partial charge on any atom is -0.389 e. The van der Waals surface area contributed by atoms with E-state index in [2.05, 4.69) is 10.2 Å². The van der Waals surface area contributed by atoms with Gasteiger partial charge in [0.2, 0.25) is 15.0 Å². The van der Waals surface area contributed by atoms with Gasteiger partial charge in [0.15, 0.2) is 5.82 Å². The van der Waals surface area contributed by atoms with Gasteiger partial charge < -0.3 is 5.11 Å². The molecule has 0 spiro atoms. The highest BCUT2D eigenvalue weighted by Crippen LogP contribution is 2.24. The van der Waals surface area contributed by atoms with E-state index in [4.69, 9.17) is 11.6 Å². The number of aliphatic hydroxyl groups is 1. The third-order valence-electron chi connectivity index (χ3n) is 2.94. The maximum atomic E-state index is 12.4. The standard InChI is InChI=1S/C14H18ClN3O3S/c1-4-18-12(10-6-5-7-11(15)8-10)16-17-13(18)22(20,21)9-14(2,3)19/h5-8,19H,4,9H2,1-3H3. The van der Waals surface area contributed by atoms with Crippen LogP contribution in [0, 0.1) is 0 Å². The quantitative estimate of drug-likeness (QED) is 0.899. The normalized spacial score (nSPS) is 12.6. The summed E-state index contributed by atoms with van der Waals surface area (Å²) in [5.74, 6) is 0.00699. The SMILES string of the molecule is CCn1c(-c2cccc(Cl)c2)nnc1S(=O)(=O)CC(C)(C)O.